The minimum Gasteiger partial charge on any atom is -0.458 e. The summed E-state index contributed by atoms with van der Waals surface area (Å²) in [6, 6.07) is 10.0. The molecule has 3 nitrogen and oxygen atoms in total. The van der Waals surface area contributed by atoms with Gasteiger partial charge in [-0.3, -0.25) is 0 Å². The lowest BCUT2D eigenvalue weighted by molar-refractivity contribution is -0.166. The lowest BCUT2D eigenvalue weighted by Gasteiger charge is -2.24. The van der Waals surface area contributed by atoms with E-state index in [1.165, 1.54) is 0 Å². The maximum Gasteiger partial charge on any atom is 0.336 e. The maximum absolute atomic E-state index is 12.1. The fraction of sp³-hybridized carbons (Fsp3) is 0.533. The Kier molecular flexibility index (Phi) is 3.71. The Morgan fingerprint density at radius 3 is 2.56 bits per heavy atom. The van der Waals surface area contributed by atoms with E-state index in [-0.39, 0.29) is 11.9 Å². The third-order valence-electron chi connectivity index (χ3n) is 2.96. The third-order valence-corrected chi connectivity index (χ3v) is 2.96. The van der Waals surface area contributed by atoms with Crippen molar-refractivity contribution in [2.45, 2.75) is 44.8 Å². The van der Waals surface area contributed by atoms with E-state index in [0.29, 0.717) is 6.61 Å². The molecule has 1 aliphatic rings. The van der Waals surface area contributed by atoms with Gasteiger partial charge >= 0.3 is 5.97 Å². The number of carbonyl (C=O) groups excluding carboxylic acids is 1. The lowest BCUT2D eigenvalue weighted by atomic mass is 9.92. The van der Waals surface area contributed by atoms with Crippen LogP contribution in [0.1, 0.15) is 38.7 Å². The highest BCUT2D eigenvalue weighted by Crippen LogP contribution is 2.32. The first-order valence-electron chi connectivity index (χ1n) is 6.37. The first-order chi connectivity index (χ1) is 8.47. The van der Waals surface area contributed by atoms with Crippen molar-refractivity contribution < 1.29 is 14.3 Å². The predicted molar refractivity (Wildman–Crippen MR) is 69.4 cm³/mol. The summed E-state index contributed by atoms with van der Waals surface area (Å²) in [5.74, 6) is -0.144. The molecule has 18 heavy (non-hydrogen) atoms. The molecule has 1 heterocycles. The molecule has 1 aliphatic heterocycles. The molecule has 1 aromatic carbocycles. The maximum atomic E-state index is 12.1. The van der Waals surface area contributed by atoms with Crippen molar-refractivity contribution in [2.24, 2.45) is 0 Å². The summed E-state index contributed by atoms with van der Waals surface area (Å²) in [4.78, 5) is 12.1. The van der Waals surface area contributed by atoms with Crippen molar-refractivity contribution >= 4 is 5.97 Å². The summed E-state index contributed by atoms with van der Waals surface area (Å²) in [6.45, 7) is 6.23. The molecule has 2 unspecified atom stereocenters. The van der Waals surface area contributed by atoms with Gasteiger partial charge in [0.1, 0.15) is 5.60 Å². The summed E-state index contributed by atoms with van der Waals surface area (Å²) in [5.41, 5.74) is 0.676. The first-order valence-corrected chi connectivity index (χ1v) is 6.37. The van der Waals surface area contributed by atoms with Crippen LogP contribution in [0.5, 0.6) is 0 Å². The minimum absolute atomic E-state index is 0.112. The normalized spacial score (nSPS) is 23.9. The van der Waals surface area contributed by atoms with Crippen LogP contribution in [0.4, 0.5) is 0 Å². The Bertz CT molecular complexity index is 405. The molecular formula is C15H20O3. The van der Waals surface area contributed by atoms with E-state index in [1.54, 1.807) is 0 Å². The Balaban J connectivity index is 2.11. The average molecular weight is 248 g/mol. The van der Waals surface area contributed by atoms with E-state index < -0.39 is 11.7 Å². The number of hydrogen-bond donors (Lipinski definition) is 0. The van der Waals surface area contributed by atoms with Crippen molar-refractivity contribution in [3.63, 3.8) is 0 Å². The first kappa shape index (κ1) is 13.1. The van der Waals surface area contributed by atoms with Gasteiger partial charge in [-0.15, -0.1) is 0 Å². The van der Waals surface area contributed by atoms with Crippen LogP contribution in [0, 0.1) is 0 Å². The molecule has 0 aliphatic carbocycles. The Hall–Kier alpha value is -1.35. The van der Waals surface area contributed by atoms with Gasteiger partial charge in [0.2, 0.25) is 0 Å². The van der Waals surface area contributed by atoms with Gasteiger partial charge in [-0.2, -0.15) is 0 Å². The Morgan fingerprint density at radius 2 is 1.94 bits per heavy atom. The predicted octanol–water partition coefficient (Wildman–Crippen LogP) is 2.90. The van der Waals surface area contributed by atoms with E-state index >= 15 is 0 Å². The molecule has 0 bridgehead atoms. The zero-order chi connectivity index (χ0) is 13.2. The summed E-state index contributed by atoms with van der Waals surface area (Å²) < 4.78 is 11.0. The van der Waals surface area contributed by atoms with E-state index in [2.05, 4.69) is 0 Å². The van der Waals surface area contributed by atoms with Crippen molar-refractivity contribution in [1.29, 1.82) is 0 Å². The second-order valence-corrected chi connectivity index (χ2v) is 5.63. The smallest absolute Gasteiger partial charge is 0.336 e. The monoisotopic (exact) mass is 248 g/mol. The third kappa shape index (κ3) is 3.10. The number of carbonyl (C=O) groups is 1. The van der Waals surface area contributed by atoms with Crippen LogP contribution in [0.3, 0.4) is 0 Å². The van der Waals surface area contributed by atoms with Crippen LogP contribution in [0.15, 0.2) is 30.3 Å². The topological polar surface area (TPSA) is 35.5 Å². The van der Waals surface area contributed by atoms with E-state index in [4.69, 9.17) is 9.47 Å². The standard InChI is InChI=1S/C15H20O3/c1-15(2,3)18-14(16)13-12(9-10-17-13)11-7-5-4-6-8-11/h4-8,12-13H,9-10H2,1-3H3. The lowest BCUT2D eigenvalue weighted by Crippen LogP contribution is -2.34. The van der Waals surface area contributed by atoms with Gasteiger partial charge in [-0.1, -0.05) is 30.3 Å². The highest BCUT2D eigenvalue weighted by atomic mass is 16.6. The van der Waals surface area contributed by atoms with Crippen molar-refractivity contribution in [3.8, 4) is 0 Å². The van der Waals surface area contributed by atoms with E-state index in [1.807, 2.05) is 51.1 Å². The van der Waals surface area contributed by atoms with Crippen LogP contribution in [-0.2, 0) is 14.3 Å². The summed E-state index contributed by atoms with van der Waals surface area (Å²) in [5, 5.41) is 0. The largest absolute Gasteiger partial charge is 0.458 e. The molecule has 1 aromatic rings. The molecule has 0 amide bonds. The van der Waals surface area contributed by atoms with Gasteiger partial charge < -0.3 is 9.47 Å². The average Bonchev–Trinajstić information content (AvgIpc) is 2.76. The van der Waals surface area contributed by atoms with Crippen LogP contribution in [-0.4, -0.2) is 24.3 Å². The highest BCUT2D eigenvalue weighted by Gasteiger charge is 2.37. The van der Waals surface area contributed by atoms with Gasteiger partial charge in [0.25, 0.3) is 0 Å². The van der Waals surface area contributed by atoms with Crippen LogP contribution >= 0.6 is 0 Å². The SMILES string of the molecule is CC(C)(C)OC(=O)C1OCCC1c1ccccc1. The molecule has 2 atom stereocenters. The molecular weight excluding hydrogens is 228 g/mol. The summed E-state index contributed by atoms with van der Waals surface area (Å²) >= 11 is 0. The molecule has 3 heteroatoms. The van der Waals surface area contributed by atoms with Crippen molar-refractivity contribution in [2.75, 3.05) is 6.61 Å². The van der Waals surface area contributed by atoms with Gasteiger partial charge in [0.15, 0.2) is 6.10 Å². The molecule has 0 radical (unpaired) electrons. The Labute approximate surface area is 108 Å². The molecule has 1 saturated heterocycles. The van der Waals surface area contributed by atoms with Crippen LogP contribution in [0.2, 0.25) is 0 Å². The zero-order valence-corrected chi connectivity index (χ0v) is 11.2. The van der Waals surface area contributed by atoms with Crippen molar-refractivity contribution in [3.05, 3.63) is 35.9 Å². The van der Waals surface area contributed by atoms with Crippen LogP contribution < -0.4 is 0 Å². The second-order valence-electron chi connectivity index (χ2n) is 5.63. The quantitative estimate of drug-likeness (QED) is 0.755. The number of ether oxygens (including phenoxy) is 2. The second kappa shape index (κ2) is 5.11. The van der Waals surface area contributed by atoms with Gasteiger partial charge in [-0.05, 0) is 32.8 Å². The Morgan fingerprint density at radius 1 is 1.28 bits per heavy atom. The molecule has 98 valence electrons. The fourth-order valence-corrected chi connectivity index (χ4v) is 2.22. The van der Waals surface area contributed by atoms with Crippen molar-refractivity contribution in [1.82, 2.24) is 0 Å². The zero-order valence-electron chi connectivity index (χ0n) is 11.2. The molecule has 2 rings (SSSR count). The van der Waals surface area contributed by atoms with Gasteiger partial charge in [-0.25, -0.2) is 4.79 Å². The molecule has 0 saturated carbocycles. The van der Waals surface area contributed by atoms with E-state index in [9.17, 15) is 4.79 Å². The fourth-order valence-electron chi connectivity index (χ4n) is 2.22. The molecule has 0 N–H and O–H groups in total. The van der Waals surface area contributed by atoms with Gasteiger partial charge in [0, 0.05) is 12.5 Å². The molecule has 0 aromatic heterocycles. The number of rotatable bonds is 2. The summed E-state index contributed by atoms with van der Waals surface area (Å²) in [6.07, 6.45) is 0.403. The van der Waals surface area contributed by atoms with Gasteiger partial charge in [0.05, 0.1) is 0 Å². The molecule has 1 fully saturated rings. The number of esters is 1. The van der Waals surface area contributed by atoms with E-state index in [0.717, 1.165) is 12.0 Å². The molecule has 0 spiro atoms. The minimum atomic E-state index is -0.468. The number of benzene rings is 1. The number of hydrogen-bond acceptors (Lipinski definition) is 3. The summed E-state index contributed by atoms with van der Waals surface area (Å²) in [7, 11) is 0. The van der Waals surface area contributed by atoms with Crippen LogP contribution in [0.25, 0.3) is 0 Å². The highest BCUT2D eigenvalue weighted by molar-refractivity contribution is 5.77.